The van der Waals surface area contributed by atoms with Gasteiger partial charge >= 0.3 is 6.03 Å². The zero-order chi connectivity index (χ0) is 11.4. The minimum Gasteiger partial charge on any atom is -0.326 e. The van der Waals surface area contributed by atoms with Crippen molar-refractivity contribution in [3.8, 4) is 6.07 Å². The molecule has 0 radical (unpaired) electrons. The third-order valence-corrected chi connectivity index (χ3v) is 2.26. The summed E-state index contributed by atoms with van der Waals surface area (Å²) in [4.78, 5) is 24.2. The highest BCUT2D eigenvalue weighted by molar-refractivity contribution is 6.04. The minimum atomic E-state index is -0.406. The molecule has 5 nitrogen and oxygen atoms in total. The fourth-order valence-electron chi connectivity index (χ4n) is 1.58. The van der Waals surface area contributed by atoms with Crippen LogP contribution in [0.5, 0.6) is 0 Å². The van der Waals surface area contributed by atoms with Gasteiger partial charge < -0.3 is 5.32 Å². The van der Waals surface area contributed by atoms with Gasteiger partial charge in [0.1, 0.15) is 6.04 Å². The molecule has 0 saturated carbocycles. The fraction of sp³-hybridized carbons (Fsp3) is 0.700. The molecule has 1 atom stereocenters. The van der Waals surface area contributed by atoms with Gasteiger partial charge in [-0.05, 0) is 12.3 Å². The Morgan fingerprint density at radius 2 is 2.20 bits per heavy atom. The molecule has 1 aliphatic rings. The molecule has 1 rings (SSSR count). The van der Waals surface area contributed by atoms with Gasteiger partial charge in [-0.1, -0.05) is 13.8 Å². The van der Waals surface area contributed by atoms with Gasteiger partial charge in [0.15, 0.2) is 0 Å². The summed E-state index contributed by atoms with van der Waals surface area (Å²) < 4.78 is 0. The molecule has 3 amide bonds. The smallest absolute Gasteiger partial charge is 0.324 e. The summed E-state index contributed by atoms with van der Waals surface area (Å²) in [6.45, 7) is 4.19. The summed E-state index contributed by atoms with van der Waals surface area (Å²) in [7, 11) is 0. The average Bonchev–Trinajstić information content (AvgIpc) is 2.39. The summed E-state index contributed by atoms with van der Waals surface area (Å²) in [5, 5.41) is 11.0. The average molecular weight is 209 g/mol. The van der Waals surface area contributed by atoms with Crippen molar-refractivity contribution in [2.45, 2.75) is 32.7 Å². The molecular formula is C10H15N3O2. The largest absolute Gasteiger partial charge is 0.326 e. The van der Waals surface area contributed by atoms with Crippen LogP contribution in [0.2, 0.25) is 0 Å². The maximum Gasteiger partial charge on any atom is 0.324 e. The lowest BCUT2D eigenvalue weighted by Crippen LogP contribution is -2.32. The molecule has 1 saturated heterocycles. The van der Waals surface area contributed by atoms with Crippen molar-refractivity contribution in [3.63, 3.8) is 0 Å². The lowest BCUT2D eigenvalue weighted by atomic mass is 10.0. The molecule has 1 aliphatic heterocycles. The first-order chi connectivity index (χ1) is 7.06. The van der Waals surface area contributed by atoms with Crippen LogP contribution >= 0.6 is 0 Å². The summed E-state index contributed by atoms with van der Waals surface area (Å²) >= 11 is 0. The second-order valence-electron chi connectivity index (χ2n) is 4.03. The van der Waals surface area contributed by atoms with E-state index < -0.39 is 6.04 Å². The molecule has 1 fully saturated rings. The Kier molecular flexibility index (Phi) is 3.67. The van der Waals surface area contributed by atoms with E-state index >= 15 is 0 Å². The predicted octanol–water partition coefficient (Wildman–Crippen LogP) is 0.867. The maximum absolute atomic E-state index is 11.7. The quantitative estimate of drug-likeness (QED) is 0.698. The van der Waals surface area contributed by atoms with Gasteiger partial charge in [0.2, 0.25) is 0 Å². The molecule has 5 heteroatoms. The monoisotopic (exact) mass is 209 g/mol. The third-order valence-electron chi connectivity index (χ3n) is 2.26. The fourth-order valence-corrected chi connectivity index (χ4v) is 1.58. The van der Waals surface area contributed by atoms with E-state index in [0.717, 1.165) is 4.90 Å². The normalized spacial score (nSPS) is 20.7. The Balaban J connectivity index is 2.59. The summed E-state index contributed by atoms with van der Waals surface area (Å²) in [6, 6.07) is 1.14. The van der Waals surface area contributed by atoms with E-state index in [0.29, 0.717) is 12.3 Å². The number of carbonyl (C=O) groups is 2. The Hall–Kier alpha value is -1.57. The molecule has 1 unspecified atom stereocenters. The van der Waals surface area contributed by atoms with Crippen LogP contribution in [0.4, 0.5) is 4.79 Å². The van der Waals surface area contributed by atoms with Crippen molar-refractivity contribution in [3.05, 3.63) is 0 Å². The van der Waals surface area contributed by atoms with Crippen molar-refractivity contribution in [1.29, 1.82) is 5.26 Å². The lowest BCUT2D eigenvalue weighted by Gasteiger charge is -2.11. The van der Waals surface area contributed by atoms with Crippen LogP contribution in [0, 0.1) is 17.2 Å². The molecule has 82 valence electrons. The van der Waals surface area contributed by atoms with Crippen LogP contribution in [0.3, 0.4) is 0 Å². The number of hydrogen-bond acceptors (Lipinski definition) is 3. The molecule has 0 aromatic heterocycles. The van der Waals surface area contributed by atoms with Crippen LogP contribution in [0.1, 0.15) is 26.7 Å². The Bertz CT molecular complexity index is 306. The van der Waals surface area contributed by atoms with Crippen molar-refractivity contribution in [2.24, 2.45) is 5.92 Å². The second-order valence-corrected chi connectivity index (χ2v) is 4.03. The molecule has 0 spiro atoms. The third kappa shape index (κ3) is 2.69. The number of rotatable bonds is 4. The highest BCUT2D eigenvalue weighted by atomic mass is 16.2. The zero-order valence-corrected chi connectivity index (χ0v) is 8.99. The van der Waals surface area contributed by atoms with E-state index in [2.05, 4.69) is 5.32 Å². The topological polar surface area (TPSA) is 73.2 Å². The van der Waals surface area contributed by atoms with Crippen LogP contribution in [-0.4, -0.2) is 29.4 Å². The first-order valence-electron chi connectivity index (χ1n) is 5.05. The van der Waals surface area contributed by atoms with E-state index in [1.807, 2.05) is 19.9 Å². The molecule has 0 bridgehead atoms. The minimum absolute atomic E-state index is 0.188. The van der Waals surface area contributed by atoms with Gasteiger partial charge in [0.05, 0.1) is 12.5 Å². The Labute approximate surface area is 89.0 Å². The molecule has 1 heterocycles. The number of carbonyl (C=O) groups excluding carboxylic acids is 2. The van der Waals surface area contributed by atoms with E-state index in [1.54, 1.807) is 0 Å². The summed E-state index contributed by atoms with van der Waals surface area (Å²) in [5.74, 6) is 0.152. The lowest BCUT2D eigenvalue weighted by molar-refractivity contribution is -0.127. The SMILES string of the molecule is CC(C)CC1NC(=O)N(CCC#N)C1=O. The van der Waals surface area contributed by atoms with Crippen LogP contribution in [0.25, 0.3) is 0 Å². The van der Waals surface area contributed by atoms with E-state index in [-0.39, 0.29) is 24.9 Å². The summed E-state index contributed by atoms with van der Waals surface area (Å²) in [6.07, 6.45) is 0.835. The van der Waals surface area contributed by atoms with Crippen molar-refractivity contribution < 1.29 is 9.59 Å². The van der Waals surface area contributed by atoms with Crippen LogP contribution in [-0.2, 0) is 4.79 Å². The highest BCUT2D eigenvalue weighted by Crippen LogP contribution is 2.14. The molecular weight excluding hydrogens is 194 g/mol. The number of nitrogens with one attached hydrogen (secondary N) is 1. The zero-order valence-electron chi connectivity index (χ0n) is 8.99. The van der Waals surface area contributed by atoms with Crippen LogP contribution in [0.15, 0.2) is 0 Å². The predicted molar refractivity (Wildman–Crippen MR) is 53.7 cm³/mol. The highest BCUT2D eigenvalue weighted by Gasteiger charge is 2.37. The van der Waals surface area contributed by atoms with E-state index in [9.17, 15) is 9.59 Å². The number of hydrogen-bond donors (Lipinski definition) is 1. The molecule has 0 aromatic rings. The van der Waals surface area contributed by atoms with Gasteiger partial charge in [-0.3, -0.25) is 9.69 Å². The van der Waals surface area contributed by atoms with E-state index in [1.165, 1.54) is 0 Å². The van der Waals surface area contributed by atoms with Crippen LogP contribution < -0.4 is 5.32 Å². The Morgan fingerprint density at radius 1 is 1.53 bits per heavy atom. The number of imide groups is 1. The summed E-state index contributed by atoms with van der Waals surface area (Å²) in [5.41, 5.74) is 0. The number of nitriles is 1. The standard InChI is InChI=1S/C10H15N3O2/c1-7(2)6-8-9(14)13(5-3-4-11)10(15)12-8/h7-8H,3,5-6H2,1-2H3,(H,12,15). The van der Waals surface area contributed by atoms with Gasteiger partial charge in [-0.15, -0.1) is 0 Å². The van der Waals surface area contributed by atoms with Crippen molar-refractivity contribution in [2.75, 3.05) is 6.54 Å². The van der Waals surface area contributed by atoms with Crippen molar-refractivity contribution >= 4 is 11.9 Å². The van der Waals surface area contributed by atoms with E-state index in [4.69, 9.17) is 5.26 Å². The van der Waals surface area contributed by atoms with Gasteiger partial charge in [0, 0.05) is 6.54 Å². The molecule has 15 heavy (non-hydrogen) atoms. The molecule has 0 aliphatic carbocycles. The number of urea groups is 1. The maximum atomic E-state index is 11.7. The van der Waals surface area contributed by atoms with Crippen molar-refractivity contribution in [1.82, 2.24) is 10.2 Å². The number of nitrogens with zero attached hydrogens (tertiary/aromatic N) is 2. The second kappa shape index (κ2) is 4.78. The molecule has 1 N–H and O–H groups in total. The van der Waals surface area contributed by atoms with Gasteiger partial charge in [-0.25, -0.2) is 4.79 Å². The van der Waals surface area contributed by atoms with Gasteiger partial charge in [-0.2, -0.15) is 5.26 Å². The number of amides is 3. The van der Waals surface area contributed by atoms with Gasteiger partial charge in [0.25, 0.3) is 5.91 Å². The first-order valence-corrected chi connectivity index (χ1v) is 5.05. The Morgan fingerprint density at radius 3 is 2.73 bits per heavy atom. The molecule has 0 aromatic carbocycles. The first kappa shape index (κ1) is 11.5.